The molecule has 0 bridgehead atoms. The van der Waals surface area contributed by atoms with Crippen LogP contribution in [0.1, 0.15) is 5.82 Å². The van der Waals surface area contributed by atoms with Crippen LogP contribution in [0.5, 0.6) is 0 Å². The molecule has 0 radical (unpaired) electrons. The lowest BCUT2D eigenvalue weighted by Gasteiger charge is -1.99. The van der Waals surface area contributed by atoms with E-state index >= 15 is 0 Å². The Morgan fingerprint density at radius 3 is 2.82 bits per heavy atom. The van der Waals surface area contributed by atoms with Gasteiger partial charge in [0.2, 0.25) is 5.82 Å². The summed E-state index contributed by atoms with van der Waals surface area (Å²) >= 11 is 0. The topological polar surface area (TPSA) is 64.5 Å². The summed E-state index contributed by atoms with van der Waals surface area (Å²) in [4.78, 5) is 20.3. The van der Waals surface area contributed by atoms with E-state index in [2.05, 4.69) is 15.1 Å². The van der Waals surface area contributed by atoms with E-state index in [4.69, 9.17) is 0 Å². The van der Waals surface area contributed by atoms with Crippen molar-refractivity contribution in [1.82, 2.24) is 18.9 Å². The third-order valence-electron chi connectivity index (χ3n) is 3.97. The summed E-state index contributed by atoms with van der Waals surface area (Å²) in [5.41, 5.74) is 4.04. The van der Waals surface area contributed by atoms with Gasteiger partial charge in [0.05, 0.1) is 11.0 Å². The molecule has 0 amide bonds. The van der Waals surface area contributed by atoms with Gasteiger partial charge < -0.3 is 4.57 Å². The minimum atomic E-state index is 0.308. The minimum absolute atomic E-state index is 0.308. The third-order valence-corrected chi connectivity index (χ3v) is 3.97. The second-order valence-electron chi connectivity index (χ2n) is 5.23. The van der Waals surface area contributed by atoms with Crippen LogP contribution in [0.2, 0.25) is 0 Å². The van der Waals surface area contributed by atoms with Crippen molar-refractivity contribution in [3.8, 4) is 11.3 Å². The van der Waals surface area contributed by atoms with E-state index in [9.17, 15) is 4.91 Å². The number of aromatic nitrogens is 4. The highest BCUT2D eigenvalue weighted by molar-refractivity contribution is 5.85. The van der Waals surface area contributed by atoms with Crippen molar-refractivity contribution in [3.05, 3.63) is 53.3 Å². The molecule has 0 atom stereocenters. The molecule has 3 heterocycles. The first-order valence-corrected chi connectivity index (χ1v) is 6.93. The molecule has 1 aromatic carbocycles. The smallest absolute Gasteiger partial charge is 0.209 e. The van der Waals surface area contributed by atoms with Crippen molar-refractivity contribution < 1.29 is 0 Å². The average Bonchev–Trinajstić information content (AvgIpc) is 3.05. The number of pyridine rings is 1. The van der Waals surface area contributed by atoms with Gasteiger partial charge in [-0.2, -0.15) is 0 Å². The Bertz CT molecular complexity index is 1030. The van der Waals surface area contributed by atoms with Gasteiger partial charge in [0.1, 0.15) is 17.2 Å². The van der Waals surface area contributed by atoms with Crippen LogP contribution in [0.15, 0.2) is 47.8 Å². The molecule has 0 N–H and O–H groups in total. The zero-order chi connectivity index (χ0) is 15.3. The van der Waals surface area contributed by atoms with Crippen LogP contribution in [0, 0.1) is 11.8 Å². The molecule has 4 rings (SSSR count). The van der Waals surface area contributed by atoms with Crippen LogP contribution >= 0.6 is 0 Å². The second-order valence-corrected chi connectivity index (χ2v) is 5.23. The molecular weight excluding hydrogens is 278 g/mol. The van der Waals surface area contributed by atoms with Gasteiger partial charge in [-0.15, -0.1) is 4.91 Å². The van der Waals surface area contributed by atoms with E-state index in [1.165, 1.54) is 0 Å². The molecule has 0 saturated carbocycles. The Balaban J connectivity index is 2.00. The number of imidazole rings is 2. The maximum atomic E-state index is 11.3. The maximum absolute atomic E-state index is 11.3. The lowest BCUT2D eigenvalue weighted by atomic mass is 10.1. The van der Waals surface area contributed by atoms with Gasteiger partial charge in [0, 0.05) is 18.8 Å². The first-order valence-electron chi connectivity index (χ1n) is 6.93. The number of hydrogen-bond donors (Lipinski definition) is 0. The molecule has 0 saturated heterocycles. The van der Waals surface area contributed by atoms with Gasteiger partial charge in [0.25, 0.3) is 0 Å². The lowest BCUT2D eigenvalue weighted by Crippen LogP contribution is -1.89. The highest BCUT2D eigenvalue weighted by Crippen LogP contribution is 2.32. The predicted octanol–water partition coefficient (Wildman–Crippen LogP) is 3.59. The quantitative estimate of drug-likeness (QED) is 0.530. The number of hydrogen-bond acceptors (Lipinski definition) is 4. The summed E-state index contributed by atoms with van der Waals surface area (Å²) in [6.07, 6.45) is 1.78. The summed E-state index contributed by atoms with van der Waals surface area (Å²) < 4.78 is 3.72. The minimum Gasteiger partial charge on any atom is -0.331 e. The number of benzene rings is 1. The van der Waals surface area contributed by atoms with E-state index in [1.54, 1.807) is 10.6 Å². The molecule has 6 heteroatoms. The van der Waals surface area contributed by atoms with Crippen LogP contribution < -0.4 is 0 Å². The molecule has 0 aliphatic heterocycles. The normalized spacial score (nSPS) is 11.4. The van der Waals surface area contributed by atoms with E-state index < -0.39 is 0 Å². The SMILES string of the molecule is Cc1nc2cc(-c3nc4ccccn4c3N=O)ccc2n1C. The molecule has 22 heavy (non-hydrogen) atoms. The van der Waals surface area contributed by atoms with E-state index in [1.807, 2.05) is 54.9 Å². The molecule has 3 aromatic heterocycles. The first kappa shape index (κ1) is 12.7. The summed E-state index contributed by atoms with van der Waals surface area (Å²) in [7, 11) is 1.98. The molecule has 0 spiro atoms. The van der Waals surface area contributed by atoms with Gasteiger partial charge in [-0.3, -0.25) is 4.40 Å². The largest absolute Gasteiger partial charge is 0.331 e. The fourth-order valence-corrected chi connectivity index (χ4v) is 2.73. The molecule has 108 valence electrons. The van der Waals surface area contributed by atoms with Gasteiger partial charge in [-0.05, 0) is 36.4 Å². The summed E-state index contributed by atoms with van der Waals surface area (Å²) in [5.74, 6) is 1.25. The van der Waals surface area contributed by atoms with E-state index in [0.717, 1.165) is 22.4 Å². The van der Waals surface area contributed by atoms with E-state index in [0.29, 0.717) is 17.2 Å². The molecule has 0 aliphatic rings. The molecule has 6 nitrogen and oxygen atoms in total. The van der Waals surface area contributed by atoms with Crippen molar-refractivity contribution in [2.24, 2.45) is 12.2 Å². The molecular formula is C16H13N5O. The summed E-state index contributed by atoms with van der Waals surface area (Å²) in [6.45, 7) is 1.96. The number of nitroso groups, excluding NO2 is 1. The van der Waals surface area contributed by atoms with Crippen molar-refractivity contribution in [1.29, 1.82) is 0 Å². The fourth-order valence-electron chi connectivity index (χ4n) is 2.73. The number of aryl methyl sites for hydroxylation is 2. The Kier molecular flexibility index (Phi) is 2.59. The molecule has 0 unspecified atom stereocenters. The zero-order valence-electron chi connectivity index (χ0n) is 12.2. The van der Waals surface area contributed by atoms with Crippen molar-refractivity contribution in [3.63, 3.8) is 0 Å². The average molecular weight is 291 g/mol. The summed E-state index contributed by atoms with van der Waals surface area (Å²) in [5, 5.41) is 3.16. The predicted molar refractivity (Wildman–Crippen MR) is 85.1 cm³/mol. The Morgan fingerprint density at radius 1 is 1.14 bits per heavy atom. The van der Waals surface area contributed by atoms with Crippen molar-refractivity contribution >= 4 is 22.5 Å². The maximum Gasteiger partial charge on any atom is 0.209 e. The number of fused-ring (bicyclic) bond motifs is 2. The zero-order valence-corrected chi connectivity index (χ0v) is 12.2. The van der Waals surface area contributed by atoms with Crippen LogP contribution in [0.3, 0.4) is 0 Å². The van der Waals surface area contributed by atoms with Crippen LogP contribution in [-0.4, -0.2) is 18.9 Å². The highest BCUT2D eigenvalue weighted by atomic mass is 16.3. The second kappa shape index (κ2) is 4.49. The number of rotatable bonds is 2. The molecule has 0 fully saturated rings. The van der Waals surface area contributed by atoms with Gasteiger partial charge in [-0.25, -0.2) is 9.97 Å². The third kappa shape index (κ3) is 1.67. The standard InChI is InChI=1S/C16H13N5O/c1-10-17-12-9-11(6-7-13(12)20(10)2)15-16(19-22)21-8-4-3-5-14(21)18-15/h3-9H,1-2H3. The molecule has 0 aliphatic carbocycles. The Labute approximate surface area is 126 Å². The van der Waals surface area contributed by atoms with Crippen molar-refractivity contribution in [2.45, 2.75) is 6.92 Å². The Morgan fingerprint density at radius 2 is 2.00 bits per heavy atom. The van der Waals surface area contributed by atoms with Gasteiger partial charge >= 0.3 is 0 Å². The first-order chi connectivity index (χ1) is 10.7. The van der Waals surface area contributed by atoms with Crippen LogP contribution in [-0.2, 0) is 7.05 Å². The van der Waals surface area contributed by atoms with E-state index in [-0.39, 0.29) is 0 Å². The Hall–Kier alpha value is -3.02. The van der Waals surface area contributed by atoms with Gasteiger partial charge in [0.15, 0.2) is 0 Å². The fraction of sp³-hybridized carbons (Fsp3) is 0.125. The molecule has 4 aromatic rings. The number of nitrogens with zero attached hydrogens (tertiary/aromatic N) is 5. The lowest BCUT2D eigenvalue weighted by molar-refractivity contribution is 0.886. The van der Waals surface area contributed by atoms with Crippen molar-refractivity contribution in [2.75, 3.05) is 0 Å². The summed E-state index contributed by atoms with van der Waals surface area (Å²) in [6, 6.07) is 11.5. The highest BCUT2D eigenvalue weighted by Gasteiger charge is 2.15. The van der Waals surface area contributed by atoms with Gasteiger partial charge in [-0.1, -0.05) is 12.1 Å². The monoisotopic (exact) mass is 291 g/mol. The van der Waals surface area contributed by atoms with Crippen LogP contribution in [0.4, 0.5) is 5.82 Å². The van der Waals surface area contributed by atoms with Crippen LogP contribution in [0.25, 0.3) is 27.9 Å².